The third-order valence-electron chi connectivity index (χ3n) is 5.24. The molecule has 1 atom stereocenters. The van der Waals surface area contributed by atoms with E-state index in [0.29, 0.717) is 31.6 Å². The molecule has 1 saturated heterocycles. The van der Waals surface area contributed by atoms with E-state index in [9.17, 15) is 22.8 Å². The van der Waals surface area contributed by atoms with E-state index in [4.69, 9.17) is 0 Å². The van der Waals surface area contributed by atoms with Gasteiger partial charge >= 0.3 is 6.18 Å². The standard InChI is InChI=1S/C21H23F3N2O2/c1-14-11-19(27)17(12-25-14)20(28)26-10-4-5-15(13-26)8-9-16-6-2-3-7-18(16)21(22,23)24/h2-3,6-7,11-12,15H,4-5,8-10,13H2,1H3,(H,25,27)/t15-/m0/s1. The molecule has 28 heavy (non-hydrogen) atoms. The summed E-state index contributed by atoms with van der Waals surface area (Å²) in [6, 6.07) is 7.02. The van der Waals surface area contributed by atoms with Crippen molar-refractivity contribution in [3.05, 3.63) is 69.1 Å². The average molecular weight is 392 g/mol. The third kappa shape index (κ3) is 4.64. The summed E-state index contributed by atoms with van der Waals surface area (Å²) in [7, 11) is 0. The Morgan fingerprint density at radius 3 is 2.75 bits per heavy atom. The lowest BCUT2D eigenvalue weighted by atomic mass is 9.90. The lowest BCUT2D eigenvalue weighted by Crippen LogP contribution is -2.41. The number of pyridine rings is 1. The molecule has 0 saturated carbocycles. The Bertz CT molecular complexity index is 905. The fourth-order valence-corrected chi connectivity index (χ4v) is 3.77. The first-order chi connectivity index (χ1) is 13.3. The second kappa shape index (κ2) is 8.20. The van der Waals surface area contributed by atoms with Crippen LogP contribution in [0.4, 0.5) is 13.2 Å². The first kappa shape index (κ1) is 20.2. The molecule has 1 N–H and O–H groups in total. The maximum atomic E-state index is 13.2. The summed E-state index contributed by atoms with van der Waals surface area (Å²) >= 11 is 0. The largest absolute Gasteiger partial charge is 0.416 e. The number of carbonyl (C=O) groups excluding carboxylic acids is 1. The van der Waals surface area contributed by atoms with Crippen molar-refractivity contribution in [3.63, 3.8) is 0 Å². The minimum atomic E-state index is -4.36. The van der Waals surface area contributed by atoms with E-state index in [-0.39, 0.29) is 28.4 Å². The summed E-state index contributed by atoms with van der Waals surface area (Å²) in [5.74, 6) is -0.204. The van der Waals surface area contributed by atoms with Crippen LogP contribution >= 0.6 is 0 Å². The van der Waals surface area contributed by atoms with Crippen LogP contribution in [0.5, 0.6) is 0 Å². The second-order valence-corrected chi connectivity index (χ2v) is 7.35. The molecule has 1 amide bonds. The van der Waals surface area contributed by atoms with Crippen LogP contribution in [0.1, 0.15) is 46.4 Å². The van der Waals surface area contributed by atoms with Crippen molar-refractivity contribution in [2.24, 2.45) is 5.92 Å². The molecular weight excluding hydrogens is 369 g/mol. The van der Waals surface area contributed by atoms with Gasteiger partial charge in [0.1, 0.15) is 5.56 Å². The van der Waals surface area contributed by atoms with Crippen molar-refractivity contribution in [1.82, 2.24) is 9.88 Å². The van der Waals surface area contributed by atoms with Crippen LogP contribution in [0.2, 0.25) is 0 Å². The Hall–Kier alpha value is -2.57. The predicted molar refractivity (Wildman–Crippen MR) is 100 cm³/mol. The van der Waals surface area contributed by atoms with Crippen molar-refractivity contribution >= 4 is 5.91 Å². The molecule has 1 aliphatic heterocycles. The highest BCUT2D eigenvalue weighted by Crippen LogP contribution is 2.33. The number of amides is 1. The number of alkyl halides is 3. The van der Waals surface area contributed by atoms with Gasteiger partial charge in [-0.1, -0.05) is 18.2 Å². The van der Waals surface area contributed by atoms with Gasteiger partial charge < -0.3 is 9.88 Å². The predicted octanol–water partition coefficient (Wildman–Crippen LogP) is 4.19. The minimum absolute atomic E-state index is 0.105. The number of nitrogens with zero attached hydrogens (tertiary/aromatic N) is 1. The van der Waals surface area contributed by atoms with Crippen LogP contribution in [-0.4, -0.2) is 28.9 Å². The molecule has 0 unspecified atom stereocenters. The van der Waals surface area contributed by atoms with Crippen LogP contribution in [-0.2, 0) is 12.6 Å². The maximum absolute atomic E-state index is 13.2. The number of aromatic nitrogens is 1. The van der Waals surface area contributed by atoms with Crippen LogP contribution in [0, 0.1) is 12.8 Å². The van der Waals surface area contributed by atoms with E-state index in [0.717, 1.165) is 18.9 Å². The number of benzene rings is 1. The average Bonchev–Trinajstić information content (AvgIpc) is 2.66. The number of carbonyl (C=O) groups is 1. The lowest BCUT2D eigenvalue weighted by molar-refractivity contribution is -0.138. The summed E-state index contributed by atoms with van der Waals surface area (Å²) < 4.78 is 39.5. The SMILES string of the molecule is Cc1cc(=O)c(C(=O)N2CCC[C@@H](CCc3ccccc3C(F)(F)F)C2)c[nH]1. The van der Waals surface area contributed by atoms with Crippen molar-refractivity contribution in [2.75, 3.05) is 13.1 Å². The molecule has 150 valence electrons. The molecule has 1 fully saturated rings. The summed E-state index contributed by atoms with van der Waals surface area (Å²) in [5, 5.41) is 0. The highest BCUT2D eigenvalue weighted by molar-refractivity contribution is 5.93. The molecule has 1 aliphatic rings. The van der Waals surface area contributed by atoms with Gasteiger partial charge in [-0.05, 0) is 50.2 Å². The number of hydrogen-bond donors (Lipinski definition) is 1. The zero-order valence-electron chi connectivity index (χ0n) is 15.7. The van der Waals surface area contributed by atoms with Crippen LogP contribution < -0.4 is 5.43 Å². The molecule has 3 rings (SSSR count). The van der Waals surface area contributed by atoms with Gasteiger partial charge in [-0.3, -0.25) is 9.59 Å². The Morgan fingerprint density at radius 1 is 1.29 bits per heavy atom. The quantitative estimate of drug-likeness (QED) is 0.848. The number of rotatable bonds is 4. The first-order valence-corrected chi connectivity index (χ1v) is 9.39. The molecule has 1 aromatic carbocycles. The number of aryl methyl sites for hydroxylation is 2. The fraction of sp³-hybridized carbons (Fsp3) is 0.429. The van der Waals surface area contributed by atoms with E-state index in [1.165, 1.54) is 24.4 Å². The van der Waals surface area contributed by atoms with E-state index in [1.54, 1.807) is 17.9 Å². The summed E-state index contributed by atoms with van der Waals surface area (Å²) in [5.41, 5.74) is 0.163. The summed E-state index contributed by atoms with van der Waals surface area (Å²) in [4.78, 5) is 29.3. The number of nitrogens with one attached hydrogen (secondary N) is 1. The molecule has 2 aromatic rings. The van der Waals surface area contributed by atoms with Gasteiger partial charge in [-0.2, -0.15) is 13.2 Å². The number of piperidine rings is 1. The molecule has 7 heteroatoms. The number of halogens is 3. The number of likely N-dealkylation sites (tertiary alicyclic amines) is 1. The minimum Gasteiger partial charge on any atom is -0.364 e. The molecule has 0 radical (unpaired) electrons. The summed E-state index contributed by atoms with van der Waals surface area (Å²) in [6.07, 6.45) is -0.404. The molecule has 0 spiro atoms. The number of hydrogen-bond acceptors (Lipinski definition) is 2. The normalized spacial score (nSPS) is 17.6. The van der Waals surface area contributed by atoms with E-state index < -0.39 is 11.7 Å². The number of aromatic amines is 1. The lowest BCUT2D eigenvalue weighted by Gasteiger charge is -2.33. The van der Waals surface area contributed by atoms with Gasteiger partial charge in [-0.25, -0.2) is 0 Å². The Balaban J connectivity index is 1.66. The molecule has 4 nitrogen and oxygen atoms in total. The van der Waals surface area contributed by atoms with Crippen molar-refractivity contribution in [1.29, 1.82) is 0 Å². The molecule has 0 aliphatic carbocycles. The van der Waals surface area contributed by atoms with Gasteiger partial charge in [0, 0.05) is 31.0 Å². The Kier molecular flexibility index (Phi) is 5.91. The van der Waals surface area contributed by atoms with Gasteiger partial charge in [0.2, 0.25) is 0 Å². The molecule has 1 aromatic heterocycles. The van der Waals surface area contributed by atoms with Gasteiger partial charge in [0.25, 0.3) is 5.91 Å². The van der Waals surface area contributed by atoms with Gasteiger partial charge in [0.15, 0.2) is 5.43 Å². The third-order valence-corrected chi connectivity index (χ3v) is 5.24. The van der Waals surface area contributed by atoms with Crippen LogP contribution in [0.25, 0.3) is 0 Å². The smallest absolute Gasteiger partial charge is 0.364 e. The number of H-pyrrole nitrogens is 1. The zero-order chi connectivity index (χ0) is 20.3. The summed E-state index contributed by atoms with van der Waals surface area (Å²) in [6.45, 7) is 2.76. The molecule has 2 heterocycles. The van der Waals surface area contributed by atoms with Crippen LogP contribution in [0.15, 0.2) is 41.3 Å². The van der Waals surface area contributed by atoms with E-state index in [1.807, 2.05) is 0 Å². The monoisotopic (exact) mass is 392 g/mol. The fourth-order valence-electron chi connectivity index (χ4n) is 3.77. The van der Waals surface area contributed by atoms with Crippen molar-refractivity contribution in [2.45, 2.75) is 38.8 Å². The topological polar surface area (TPSA) is 53.2 Å². The van der Waals surface area contributed by atoms with Gasteiger partial charge in [-0.15, -0.1) is 0 Å². The Labute approximate surface area is 161 Å². The van der Waals surface area contributed by atoms with Gasteiger partial charge in [0.05, 0.1) is 5.56 Å². The molecule has 0 bridgehead atoms. The van der Waals surface area contributed by atoms with Crippen LogP contribution in [0.3, 0.4) is 0 Å². The first-order valence-electron chi connectivity index (χ1n) is 9.39. The highest BCUT2D eigenvalue weighted by Gasteiger charge is 2.33. The Morgan fingerprint density at radius 2 is 2.04 bits per heavy atom. The second-order valence-electron chi connectivity index (χ2n) is 7.35. The maximum Gasteiger partial charge on any atom is 0.416 e. The van der Waals surface area contributed by atoms with E-state index in [2.05, 4.69) is 4.98 Å². The zero-order valence-corrected chi connectivity index (χ0v) is 15.7. The van der Waals surface area contributed by atoms with Crippen molar-refractivity contribution < 1.29 is 18.0 Å². The highest BCUT2D eigenvalue weighted by atomic mass is 19.4. The molecular formula is C21H23F3N2O2. The van der Waals surface area contributed by atoms with Crippen molar-refractivity contribution in [3.8, 4) is 0 Å². The van der Waals surface area contributed by atoms with E-state index >= 15 is 0 Å².